The van der Waals surface area contributed by atoms with Crippen molar-refractivity contribution in [2.75, 3.05) is 0 Å². The Morgan fingerprint density at radius 2 is 1.26 bits per heavy atom. The highest BCUT2D eigenvalue weighted by Gasteiger charge is 2.27. The normalized spacial score (nSPS) is 13.4. The summed E-state index contributed by atoms with van der Waals surface area (Å²) in [5.74, 6) is -1.99. The predicted octanol–water partition coefficient (Wildman–Crippen LogP) is 5.07. The molecule has 0 atom stereocenters. The highest BCUT2D eigenvalue weighted by atomic mass is 28.3. The summed E-state index contributed by atoms with van der Waals surface area (Å²) in [5.41, 5.74) is 4.06. The first-order valence-corrected chi connectivity index (χ1v) is 13.8. The summed E-state index contributed by atoms with van der Waals surface area (Å²) in [5, 5.41) is 9.77. The second-order valence-corrected chi connectivity index (χ2v) is 16.8. The largest absolute Gasteiger partial charge is 0.362 e. The van der Waals surface area contributed by atoms with Crippen molar-refractivity contribution in [3.8, 4) is 0 Å². The number of hydrogen-bond donors (Lipinski definition) is 1. The average molecular weight is 303 g/mol. The molecule has 19 heavy (non-hydrogen) atoms. The molecule has 1 N–H and O–H groups in total. The molecule has 0 unspecified atom stereocenters. The Morgan fingerprint density at radius 3 is 1.53 bits per heavy atom. The number of rotatable bonds is 10. The topological polar surface area (TPSA) is 20.2 Å². The third-order valence-electron chi connectivity index (χ3n) is 3.87. The van der Waals surface area contributed by atoms with Crippen LogP contribution in [-0.2, 0) is 0 Å². The SMILES string of the molecule is C=C[Si](C)(C)CCCC(O)(F)CCC[Si](C)(C)C=C. The molecule has 0 aliphatic rings. The molecule has 0 bridgehead atoms. The van der Waals surface area contributed by atoms with E-state index in [4.69, 9.17) is 0 Å². The van der Waals surface area contributed by atoms with Gasteiger partial charge in [-0.3, -0.25) is 0 Å². The van der Waals surface area contributed by atoms with E-state index in [9.17, 15) is 9.50 Å². The number of aliphatic hydroxyl groups is 1. The molecule has 112 valence electrons. The second kappa shape index (κ2) is 7.55. The molecule has 4 heteroatoms. The van der Waals surface area contributed by atoms with Crippen molar-refractivity contribution in [1.29, 1.82) is 0 Å². The molecule has 0 aliphatic carbocycles. The first-order chi connectivity index (χ1) is 8.54. The maximum atomic E-state index is 14.0. The summed E-state index contributed by atoms with van der Waals surface area (Å²) in [7, 11) is -2.73. The molecule has 0 saturated heterocycles. The van der Waals surface area contributed by atoms with E-state index >= 15 is 0 Å². The van der Waals surface area contributed by atoms with E-state index < -0.39 is 22.0 Å². The summed E-state index contributed by atoms with van der Waals surface area (Å²) >= 11 is 0. The van der Waals surface area contributed by atoms with Crippen LogP contribution >= 0.6 is 0 Å². The van der Waals surface area contributed by atoms with Crippen molar-refractivity contribution in [2.45, 2.75) is 69.8 Å². The molecule has 1 nitrogen and oxygen atoms in total. The number of halogens is 1. The predicted molar refractivity (Wildman–Crippen MR) is 89.5 cm³/mol. The molecular formula is C15H31FOSi2. The molecule has 0 aromatic rings. The molecular weight excluding hydrogens is 271 g/mol. The lowest BCUT2D eigenvalue weighted by molar-refractivity contribution is -0.101. The summed E-state index contributed by atoms with van der Waals surface area (Å²) in [6, 6.07) is 1.99. The summed E-state index contributed by atoms with van der Waals surface area (Å²) in [6.45, 7) is 16.5. The maximum Gasteiger partial charge on any atom is 0.206 e. The van der Waals surface area contributed by atoms with Crippen LogP contribution in [0, 0.1) is 0 Å². The van der Waals surface area contributed by atoms with Crippen molar-refractivity contribution >= 4 is 16.1 Å². The Morgan fingerprint density at radius 1 is 0.947 bits per heavy atom. The van der Waals surface area contributed by atoms with Crippen LogP contribution in [0.1, 0.15) is 25.7 Å². The Hall–Kier alpha value is -0.196. The standard InChI is InChI=1S/C15H31FOSi2/c1-7-18(3,4)13-9-11-15(16,17)12-10-14-19(5,6)8-2/h7-8,17H,1-2,9-14H2,3-6H3. The van der Waals surface area contributed by atoms with E-state index in [-0.39, 0.29) is 12.8 Å². The first kappa shape index (κ1) is 18.8. The van der Waals surface area contributed by atoms with Gasteiger partial charge >= 0.3 is 0 Å². The van der Waals surface area contributed by atoms with E-state index in [0.29, 0.717) is 0 Å². The van der Waals surface area contributed by atoms with Crippen LogP contribution in [0.15, 0.2) is 24.6 Å². The Labute approximate surface area is 120 Å². The minimum Gasteiger partial charge on any atom is -0.362 e. The van der Waals surface area contributed by atoms with Crippen molar-refractivity contribution in [3.05, 3.63) is 24.6 Å². The molecule has 0 aliphatic heterocycles. The van der Waals surface area contributed by atoms with Gasteiger partial charge in [0.05, 0.1) is 16.1 Å². The fraction of sp³-hybridized carbons (Fsp3) is 0.733. The van der Waals surface area contributed by atoms with Gasteiger partial charge in [-0.15, -0.1) is 24.6 Å². The van der Waals surface area contributed by atoms with Gasteiger partial charge in [-0.25, -0.2) is 4.39 Å². The number of alkyl halides is 1. The van der Waals surface area contributed by atoms with Crippen molar-refractivity contribution < 1.29 is 9.50 Å². The van der Waals surface area contributed by atoms with Crippen LogP contribution in [0.25, 0.3) is 0 Å². The quantitative estimate of drug-likeness (QED) is 0.558. The van der Waals surface area contributed by atoms with Gasteiger partial charge < -0.3 is 5.11 Å². The fourth-order valence-corrected chi connectivity index (χ4v) is 4.54. The Kier molecular flexibility index (Phi) is 7.47. The molecule has 0 aromatic carbocycles. The van der Waals surface area contributed by atoms with Gasteiger partial charge in [0.1, 0.15) is 0 Å². The van der Waals surface area contributed by atoms with E-state index in [1.165, 1.54) is 0 Å². The lowest BCUT2D eigenvalue weighted by Gasteiger charge is -2.23. The Balaban J connectivity index is 3.99. The minimum atomic E-state index is -1.99. The van der Waals surface area contributed by atoms with E-state index in [0.717, 1.165) is 24.9 Å². The zero-order chi connectivity index (χ0) is 15.2. The van der Waals surface area contributed by atoms with Gasteiger partial charge in [0.15, 0.2) is 0 Å². The lowest BCUT2D eigenvalue weighted by Crippen LogP contribution is -2.27. The van der Waals surface area contributed by atoms with Crippen LogP contribution in [0.2, 0.25) is 38.3 Å². The van der Waals surface area contributed by atoms with Crippen LogP contribution < -0.4 is 0 Å². The lowest BCUT2D eigenvalue weighted by atomic mass is 10.1. The van der Waals surface area contributed by atoms with E-state index in [1.54, 1.807) is 0 Å². The molecule has 0 saturated carbocycles. The van der Waals surface area contributed by atoms with Gasteiger partial charge in [-0.1, -0.05) is 38.3 Å². The third-order valence-corrected chi connectivity index (χ3v) is 9.36. The highest BCUT2D eigenvalue weighted by Crippen LogP contribution is 2.27. The van der Waals surface area contributed by atoms with Crippen LogP contribution in [0.4, 0.5) is 4.39 Å². The van der Waals surface area contributed by atoms with Crippen LogP contribution in [0.5, 0.6) is 0 Å². The average Bonchev–Trinajstić information content (AvgIpc) is 2.28. The zero-order valence-electron chi connectivity index (χ0n) is 13.1. The molecule has 0 amide bonds. The minimum absolute atomic E-state index is 0.257. The third kappa shape index (κ3) is 9.35. The monoisotopic (exact) mass is 302 g/mol. The van der Waals surface area contributed by atoms with E-state index in [2.05, 4.69) is 39.3 Å². The maximum absolute atomic E-state index is 14.0. The highest BCUT2D eigenvalue weighted by molar-refractivity contribution is 6.82. The van der Waals surface area contributed by atoms with Crippen molar-refractivity contribution in [2.24, 2.45) is 0 Å². The summed E-state index contributed by atoms with van der Waals surface area (Å²) in [4.78, 5) is 0. The molecule has 0 fully saturated rings. The molecule has 0 heterocycles. The second-order valence-electron chi connectivity index (χ2n) is 7.01. The van der Waals surface area contributed by atoms with E-state index in [1.807, 2.05) is 11.4 Å². The van der Waals surface area contributed by atoms with Crippen molar-refractivity contribution in [3.63, 3.8) is 0 Å². The number of hydrogen-bond acceptors (Lipinski definition) is 1. The molecule has 0 radical (unpaired) electrons. The summed E-state index contributed by atoms with van der Waals surface area (Å²) < 4.78 is 14.0. The van der Waals surface area contributed by atoms with Gasteiger partial charge in [0.25, 0.3) is 0 Å². The summed E-state index contributed by atoms with van der Waals surface area (Å²) in [6.07, 6.45) is 2.02. The van der Waals surface area contributed by atoms with Crippen LogP contribution in [-0.4, -0.2) is 27.1 Å². The van der Waals surface area contributed by atoms with Gasteiger partial charge in [0, 0.05) is 12.8 Å². The Bertz CT molecular complexity index is 271. The fourth-order valence-electron chi connectivity index (χ4n) is 1.96. The molecule has 0 rings (SSSR count). The van der Waals surface area contributed by atoms with Gasteiger partial charge in [-0.05, 0) is 12.8 Å². The van der Waals surface area contributed by atoms with Crippen molar-refractivity contribution in [1.82, 2.24) is 0 Å². The van der Waals surface area contributed by atoms with Gasteiger partial charge in [-0.2, -0.15) is 0 Å². The molecule has 0 spiro atoms. The first-order valence-electron chi connectivity index (χ1n) is 7.22. The van der Waals surface area contributed by atoms with Crippen LogP contribution in [0.3, 0.4) is 0 Å². The molecule has 0 aromatic heterocycles. The smallest absolute Gasteiger partial charge is 0.206 e. The zero-order valence-corrected chi connectivity index (χ0v) is 15.1. The van der Waals surface area contributed by atoms with Gasteiger partial charge in [0.2, 0.25) is 5.85 Å².